The van der Waals surface area contributed by atoms with Gasteiger partial charge in [0.1, 0.15) is 0 Å². The largest absolute Gasteiger partial charge is 0.0725 e. The second-order valence-electron chi connectivity index (χ2n) is 19.5. The van der Waals surface area contributed by atoms with Gasteiger partial charge < -0.3 is 0 Å². The fourth-order valence-corrected chi connectivity index (χ4v) is 12.1. The van der Waals surface area contributed by atoms with Crippen LogP contribution in [0.1, 0.15) is 22.3 Å². The van der Waals surface area contributed by atoms with Crippen LogP contribution in [0, 0.1) is 0 Å². The maximum Gasteiger partial charge on any atom is 0.0725 e. The smallest absolute Gasteiger partial charge is 0.0622 e. The Morgan fingerprint density at radius 1 is 0.151 bits per heavy atom. The van der Waals surface area contributed by atoms with Crippen LogP contribution >= 0.6 is 0 Å². The van der Waals surface area contributed by atoms with E-state index in [1.165, 1.54) is 134 Å². The molecule has 73 heavy (non-hydrogen) atoms. The molecule has 0 saturated carbocycles. The summed E-state index contributed by atoms with van der Waals surface area (Å²) >= 11 is 0. The molecule has 14 rings (SSSR count). The highest BCUT2D eigenvalue weighted by atomic mass is 14.5. The van der Waals surface area contributed by atoms with Crippen molar-refractivity contribution in [2.45, 2.75) is 5.41 Å². The van der Waals surface area contributed by atoms with E-state index in [0.717, 1.165) is 0 Å². The average molecular weight is 925 g/mol. The van der Waals surface area contributed by atoms with Crippen LogP contribution in [0.5, 0.6) is 0 Å². The first kappa shape index (κ1) is 42.5. The number of rotatable bonds is 8. The molecule has 12 aromatic rings. The third-order valence-electron chi connectivity index (χ3n) is 15.6. The maximum absolute atomic E-state index is 2.49. The molecule has 0 aliphatic heterocycles. The van der Waals surface area contributed by atoms with Crippen molar-refractivity contribution in [1.82, 2.24) is 0 Å². The van der Waals surface area contributed by atoms with Crippen LogP contribution in [0.25, 0.3) is 111 Å². The minimum absolute atomic E-state index is 0.394. The van der Waals surface area contributed by atoms with Gasteiger partial charge in [-0.05, 0) is 152 Å². The molecule has 0 amide bonds. The van der Waals surface area contributed by atoms with Crippen LogP contribution in [0.4, 0.5) is 0 Å². The van der Waals surface area contributed by atoms with Gasteiger partial charge in [0.2, 0.25) is 0 Å². The van der Waals surface area contributed by atoms with E-state index in [1.54, 1.807) is 0 Å². The van der Waals surface area contributed by atoms with E-state index in [2.05, 4.69) is 291 Å². The predicted molar refractivity (Wildman–Crippen MR) is 306 cm³/mol. The normalized spacial score (nSPS) is 12.5. The molecule has 0 nitrogen and oxygen atoms in total. The lowest BCUT2D eigenvalue weighted by Gasteiger charge is -2.30. The molecule has 12 aromatic carbocycles. The maximum atomic E-state index is 2.49. The Bertz CT molecular complexity index is 3830. The van der Waals surface area contributed by atoms with Crippen molar-refractivity contribution in [2.75, 3.05) is 0 Å². The quantitative estimate of drug-likeness (QED) is 0.142. The average Bonchev–Trinajstić information content (AvgIpc) is 4.02. The summed E-state index contributed by atoms with van der Waals surface area (Å²) in [7, 11) is 0. The van der Waals surface area contributed by atoms with E-state index < -0.39 is 5.41 Å². The van der Waals surface area contributed by atoms with Gasteiger partial charge in [-0.25, -0.2) is 0 Å². The van der Waals surface area contributed by atoms with Crippen molar-refractivity contribution >= 4 is 0 Å². The second-order valence-corrected chi connectivity index (χ2v) is 19.5. The van der Waals surface area contributed by atoms with E-state index in [0.29, 0.717) is 0 Å². The van der Waals surface area contributed by atoms with E-state index in [-0.39, 0.29) is 0 Å². The van der Waals surface area contributed by atoms with Gasteiger partial charge in [0.25, 0.3) is 0 Å². The molecule has 0 aromatic heterocycles. The molecule has 2 aliphatic carbocycles. The minimum Gasteiger partial charge on any atom is -0.0622 e. The van der Waals surface area contributed by atoms with Gasteiger partial charge in [-0.2, -0.15) is 0 Å². The molecule has 0 fully saturated rings. The van der Waals surface area contributed by atoms with Crippen LogP contribution in [-0.4, -0.2) is 0 Å². The minimum atomic E-state index is -0.394. The molecule has 0 bridgehead atoms. The first-order valence-electron chi connectivity index (χ1n) is 25.4. The van der Waals surface area contributed by atoms with Crippen LogP contribution in [0.2, 0.25) is 0 Å². The van der Waals surface area contributed by atoms with Crippen LogP contribution in [0.15, 0.2) is 291 Å². The van der Waals surface area contributed by atoms with Gasteiger partial charge in [-0.3, -0.25) is 0 Å². The lowest BCUT2D eigenvalue weighted by molar-refractivity contribution is 0.794. The number of benzene rings is 12. The Hall–Kier alpha value is -9.36. The highest BCUT2D eigenvalue weighted by Gasteiger charge is 2.51. The summed E-state index contributed by atoms with van der Waals surface area (Å²) < 4.78 is 0. The summed E-state index contributed by atoms with van der Waals surface area (Å²) in [5.41, 5.74) is 29.4. The zero-order valence-electron chi connectivity index (χ0n) is 40.2. The molecular formula is C73H48. The van der Waals surface area contributed by atoms with Crippen LogP contribution < -0.4 is 0 Å². The van der Waals surface area contributed by atoms with Crippen molar-refractivity contribution in [1.29, 1.82) is 0 Å². The molecule has 0 unspecified atom stereocenters. The van der Waals surface area contributed by atoms with Crippen molar-refractivity contribution < 1.29 is 0 Å². The Morgan fingerprint density at radius 2 is 0.425 bits per heavy atom. The van der Waals surface area contributed by atoms with Crippen LogP contribution in [0.3, 0.4) is 0 Å². The molecule has 2 aliphatic rings. The lowest BCUT2D eigenvalue weighted by atomic mass is 9.70. The highest BCUT2D eigenvalue weighted by Crippen LogP contribution is 2.63. The Kier molecular flexibility index (Phi) is 10.2. The van der Waals surface area contributed by atoms with Crippen molar-refractivity contribution in [2.24, 2.45) is 0 Å². The molecule has 1 spiro atoms. The van der Waals surface area contributed by atoms with E-state index >= 15 is 0 Å². The molecule has 0 radical (unpaired) electrons. The standard InChI is InChI=1S/C73H48/c1-4-16-49(17-5-1)52-28-30-56(31-29-52)61-46-66(57-38-32-53(33-39-57)50-18-6-2-7-19-50)72(67(47-61)58-40-34-54(35-41-58)51-20-8-3-9-21-51)59-42-36-55(37-43-59)60-44-45-65-64-24-12-15-27-70(64)73(71(65)48-60)68-25-13-10-22-62(68)63-23-11-14-26-69(63)73/h1-48H. The molecule has 0 heterocycles. The fraction of sp³-hybridized carbons (Fsp3) is 0.0137. The van der Waals surface area contributed by atoms with Gasteiger partial charge in [-0.1, -0.05) is 273 Å². The summed E-state index contributed by atoms with van der Waals surface area (Å²) in [4.78, 5) is 0. The third kappa shape index (κ3) is 7.06. The molecule has 0 atom stereocenters. The summed E-state index contributed by atoms with van der Waals surface area (Å²) in [6, 6.07) is 108. The zero-order chi connectivity index (χ0) is 48.3. The Balaban J connectivity index is 0.937. The first-order chi connectivity index (χ1) is 36.2. The van der Waals surface area contributed by atoms with Gasteiger partial charge in [-0.15, -0.1) is 0 Å². The Labute approximate surface area is 427 Å². The molecular weight excluding hydrogens is 877 g/mol. The third-order valence-corrected chi connectivity index (χ3v) is 15.6. The first-order valence-corrected chi connectivity index (χ1v) is 25.4. The molecule has 0 N–H and O–H groups in total. The number of hydrogen-bond acceptors (Lipinski definition) is 0. The van der Waals surface area contributed by atoms with Gasteiger partial charge in [0.05, 0.1) is 5.41 Å². The monoisotopic (exact) mass is 924 g/mol. The van der Waals surface area contributed by atoms with Gasteiger partial charge in [0, 0.05) is 0 Å². The zero-order valence-corrected chi connectivity index (χ0v) is 40.2. The van der Waals surface area contributed by atoms with Gasteiger partial charge in [0.15, 0.2) is 0 Å². The fourth-order valence-electron chi connectivity index (χ4n) is 12.1. The SMILES string of the molecule is c1ccc(-c2ccc(-c3cc(-c4ccc(-c5ccccc5)cc4)c(-c4ccc(-c5ccc6c(c5)C5(c7ccccc7-c7ccccc75)c5ccccc5-6)cc4)c(-c4ccc(-c5ccccc5)cc4)c3)cc2)cc1. The second kappa shape index (κ2) is 17.5. The van der Waals surface area contributed by atoms with Crippen LogP contribution in [-0.2, 0) is 5.41 Å². The molecule has 0 heteroatoms. The number of hydrogen-bond donors (Lipinski definition) is 0. The summed E-state index contributed by atoms with van der Waals surface area (Å²) in [6.45, 7) is 0. The van der Waals surface area contributed by atoms with Gasteiger partial charge >= 0.3 is 0 Å². The predicted octanol–water partition coefficient (Wildman–Crippen LogP) is 19.4. The molecule has 340 valence electrons. The molecule has 0 saturated heterocycles. The summed E-state index contributed by atoms with van der Waals surface area (Å²) in [5.74, 6) is 0. The lowest BCUT2D eigenvalue weighted by Crippen LogP contribution is -2.25. The van der Waals surface area contributed by atoms with Crippen molar-refractivity contribution in [3.8, 4) is 111 Å². The van der Waals surface area contributed by atoms with E-state index in [9.17, 15) is 0 Å². The van der Waals surface area contributed by atoms with E-state index in [1.807, 2.05) is 0 Å². The summed E-state index contributed by atoms with van der Waals surface area (Å²) in [5, 5.41) is 0. The highest BCUT2D eigenvalue weighted by molar-refractivity contribution is 6.00. The Morgan fingerprint density at radius 3 is 0.822 bits per heavy atom. The van der Waals surface area contributed by atoms with E-state index in [4.69, 9.17) is 0 Å². The number of fused-ring (bicyclic) bond motifs is 10. The van der Waals surface area contributed by atoms with Crippen molar-refractivity contribution in [3.05, 3.63) is 313 Å². The topological polar surface area (TPSA) is 0 Å². The van der Waals surface area contributed by atoms with Crippen molar-refractivity contribution in [3.63, 3.8) is 0 Å². The summed E-state index contributed by atoms with van der Waals surface area (Å²) in [6.07, 6.45) is 0.